The van der Waals surface area contributed by atoms with Crippen molar-refractivity contribution in [2.45, 2.75) is 39.5 Å². The molecule has 1 N–H and O–H groups in total. The molecule has 36 heavy (non-hydrogen) atoms. The van der Waals surface area contributed by atoms with Crippen molar-refractivity contribution in [3.05, 3.63) is 100 Å². The first-order valence-electron chi connectivity index (χ1n) is 11.6. The van der Waals surface area contributed by atoms with Gasteiger partial charge in [-0.15, -0.1) is 0 Å². The van der Waals surface area contributed by atoms with Crippen LogP contribution in [0.25, 0.3) is 5.76 Å². The molecule has 1 aliphatic heterocycles. The summed E-state index contributed by atoms with van der Waals surface area (Å²) in [5.41, 5.74) is 1.87. The number of carbonyl (C=O) groups is 2. The lowest BCUT2D eigenvalue weighted by Crippen LogP contribution is -2.29. The number of aryl methyl sites for hydroxylation is 1. The number of aliphatic hydroxyl groups is 1. The highest BCUT2D eigenvalue weighted by atomic mass is 19.1. The number of aliphatic hydroxyl groups excluding tert-OH is 1. The molecule has 7 heteroatoms. The van der Waals surface area contributed by atoms with Gasteiger partial charge in [0.2, 0.25) is 0 Å². The first-order chi connectivity index (χ1) is 17.2. The van der Waals surface area contributed by atoms with Crippen LogP contribution < -0.4 is 9.47 Å². The molecule has 1 aliphatic rings. The summed E-state index contributed by atoms with van der Waals surface area (Å²) in [6.45, 7) is 5.52. The Morgan fingerprint density at radius 2 is 1.75 bits per heavy atom. The zero-order chi connectivity index (χ0) is 26.0. The monoisotopic (exact) mass is 489 g/mol. The van der Waals surface area contributed by atoms with Crippen molar-refractivity contribution in [1.82, 2.24) is 4.90 Å². The van der Waals surface area contributed by atoms with Crippen molar-refractivity contribution < 1.29 is 28.6 Å². The lowest BCUT2D eigenvalue weighted by Gasteiger charge is -2.26. The first-order valence-corrected chi connectivity index (χ1v) is 11.6. The van der Waals surface area contributed by atoms with E-state index in [4.69, 9.17) is 9.47 Å². The quantitative estimate of drug-likeness (QED) is 0.267. The number of nitrogens with zero attached hydrogens (tertiary/aromatic N) is 1. The Bertz CT molecular complexity index is 1350. The van der Waals surface area contributed by atoms with Crippen molar-refractivity contribution in [3.63, 3.8) is 0 Å². The molecule has 0 aromatic heterocycles. The normalized spacial score (nSPS) is 17.1. The van der Waals surface area contributed by atoms with Gasteiger partial charge in [-0.25, -0.2) is 4.39 Å². The van der Waals surface area contributed by atoms with E-state index in [0.29, 0.717) is 22.6 Å². The Labute approximate surface area is 209 Å². The predicted octanol–water partition coefficient (Wildman–Crippen LogP) is 5.55. The molecule has 0 aliphatic carbocycles. The topological polar surface area (TPSA) is 76.1 Å². The zero-order valence-electron chi connectivity index (χ0n) is 20.6. The van der Waals surface area contributed by atoms with Crippen LogP contribution >= 0.6 is 0 Å². The van der Waals surface area contributed by atoms with Gasteiger partial charge in [0.25, 0.3) is 11.7 Å². The van der Waals surface area contributed by atoms with E-state index in [-0.39, 0.29) is 29.5 Å². The highest BCUT2D eigenvalue weighted by Crippen LogP contribution is 2.41. The van der Waals surface area contributed by atoms with Crippen LogP contribution in [0.15, 0.2) is 72.3 Å². The lowest BCUT2D eigenvalue weighted by molar-refractivity contribution is -0.140. The Morgan fingerprint density at radius 3 is 2.44 bits per heavy atom. The van der Waals surface area contributed by atoms with Gasteiger partial charge in [0.05, 0.1) is 24.8 Å². The molecular weight excluding hydrogens is 461 g/mol. The number of methoxy groups -OCH3 is 1. The van der Waals surface area contributed by atoms with Gasteiger partial charge in [0.1, 0.15) is 23.1 Å². The Morgan fingerprint density at radius 1 is 1.03 bits per heavy atom. The van der Waals surface area contributed by atoms with Gasteiger partial charge in [-0.2, -0.15) is 0 Å². The molecule has 1 fully saturated rings. The molecule has 1 atom stereocenters. The molecule has 1 heterocycles. The van der Waals surface area contributed by atoms with Gasteiger partial charge < -0.3 is 19.5 Å². The number of rotatable bonds is 7. The van der Waals surface area contributed by atoms with Crippen LogP contribution in [0.1, 0.15) is 42.1 Å². The van der Waals surface area contributed by atoms with Gasteiger partial charge in [-0.1, -0.05) is 24.3 Å². The minimum Gasteiger partial charge on any atom is -0.507 e. The highest BCUT2D eigenvalue weighted by molar-refractivity contribution is 6.46. The maximum absolute atomic E-state index is 13.9. The summed E-state index contributed by atoms with van der Waals surface area (Å²) < 4.78 is 25.0. The zero-order valence-corrected chi connectivity index (χ0v) is 20.6. The van der Waals surface area contributed by atoms with Crippen molar-refractivity contribution in [3.8, 4) is 11.5 Å². The molecule has 1 saturated heterocycles. The fraction of sp³-hybridized carbons (Fsp3) is 0.241. The molecule has 3 aromatic carbocycles. The second kappa shape index (κ2) is 10.2. The number of ketones is 1. The molecular formula is C29H28FNO5. The predicted molar refractivity (Wildman–Crippen MR) is 134 cm³/mol. The van der Waals surface area contributed by atoms with Crippen LogP contribution in [0, 0.1) is 12.7 Å². The van der Waals surface area contributed by atoms with E-state index in [9.17, 15) is 19.1 Å². The number of ether oxygens (including phenoxy) is 2. The highest BCUT2D eigenvalue weighted by Gasteiger charge is 2.46. The van der Waals surface area contributed by atoms with E-state index >= 15 is 0 Å². The molecule has 0 saturated carbocycles. The number of Topliss-reactive ketones (excluding diaryl/α,β-unsaturated/α-hetero) is 1. The maximum Gasteiger partial charge on any atom is 0.295 e. The number of hydrogen-bond acceptors (Lipinski definition) is 5. The Kier molecular flexibility index (Phi) is 7.10. The van der Waals surface area contributed by atoms with Crippen LogP contribution in [0.4, 0.5) is 4.39 Å². The summed E-state index contributed by atoms with van der Waals surface area (Å²) in [4.78, 5) is 28.0. The van der Waals surface area contributed by atoms with Gasteiger partial charge in [-0.05, 0) is 79.9 Å². The van der Waals surface area contributed by atoms with E-state index in [2.05, 4.69) is 0 Å². The van der Waals surface area contributed by atoms with Crippen LogP contribution in [0.3, 0.4) is 0 Å². The summed E-state index contributed by atoms with van der Waals surface area (Å²) in [6, 6.07) is 17.5. The smallest absolute Gasteiger partial charge is 0.295 e. The van der Waals surface area contributed by atoms with Crippen molar-refractivity contribution in [2.75, 3.05) is 7.11 Å². The SMILES string of the molecule is COc1cccc(C2/C(=C(/O)c3ccc(F)c(C)c3)C(=O)C(=O)N2Cc2cccc(OC(C)C)c2)c1. The number of hydrogen-bond donors (Lipinski definition) is 1. The summed E-state index contributed by atoms with van der Waals surface area (Å²) >= 11 is 0. The molecule has 186 valence electrons. The molecule has 0 bridgehead atoms. The first kappa shape index (κ1) is 25.0. The van der Waals surface area contributed by atoms with E-state index in [1.54, 1.807) is 31.2 Å². The van der Waals surface area contributed by atoms with Crippen LogP contribution in [-0.2, 0) is 16.1 Å². The third-order valence-corrected chi connectivity index (χ3v) is 6.00. The standard InChI is InChI=1S/C29H28FNO5/c1-17(2)36-23-10-5-7-19(14-23)16-31-26(20-8-6-9-22(15-20)35-4)25(28(33)29(31)34)27(32)21-11-12-24(30)18(3)13-21/h5-15,17,26,32H,16H2,1-4H3/b27-25-. The van der Waals surface area contributed by atoms with Crippen LogP contribution in [0.5, 0.6) is 11.5 Å². The van der Waals surface area contributed by atoms with Gasteiger partial charge in [0, 0.05) is 12.1 Å². The lowest BCUT2D eigenvalue weighted by atomic mass is 9.94. The average molecular weight is 490 g/mol. The minimum absolute atomic E-state index is 0.0228. The Balaban J connectivity index is 1.84. The molecule has 3 aromatic rings. The Hall–Kier alpha value is -4.13. The van der Waals surface area contributed by atoms with Gasteiger partial charge in [0.15, 0.2) is 0 Å². The summed E-state index contributed by atoms with van der Waals surface area (Å²) in [6.07, 6.45) is -0.0228. The number of carbonyl (C=O) groups excluding carboxylic acids is 2. The van der Waals surface area contributed by atoms with E-state index in [0.717, 1.165) is 5.56 Å². The van der Waals surface area contributed by atoms with Gasteiger partial charge in [-0.3, -0.25) is 9.59 Å². The third-order valence-electron chi connectivity index (χ3n) is 6.00. The van der Waals surface area contributed by atoms with Crippen molar-refractivity contribution in [1.29, 1.82) is 0 Å². The van der Waals surface area contributed by atoms with E-state index in [1.807, 2.05) is 38.1 Å². The summed E-state index contributed by atoms with van der Waals surface area (Å²) in [5, 5.41) is 11.2. The minimum atomic E-state index is -0.875. The van der Waals surface area contributed by atoms with Crippen LogP contribution in [0.2, 0.25) is 0 Å². The third kappa shape index (κ3) is 4.96. The molecule has 6 nitrogen and oxygen atoms in total. The van der Waals surface area contributed by atoms with E-state index in [1.165, 1.54) is 30.2 Å². The fourth-order valence-electron chi connectivity index (χ4n) is 4.33. The second-order valence-corrected chi connectivity index (χ2v) is 8.98. The number of amides is 1. The molecule has 1 amide bonds. The maximum atomic E-state index is 13.9. The largest absolute Gasteiger partial charge is 0.507 e. The van der Waals surface area contributed by atoms with Crippen molar-refractivity contribution in [2.24, 2.45) is 0 Å². The molecule has 0 radical (unpaired) electrons. The molecule has 0 spiro atoms. The van der Waals surface area contributed by atoms with Crippen LogP contribution in [-0.4, -0.2) is 34.9 Å². The summed E-state index contributed by atoms with van der Waals surface area (Å²) in [5.74, 6) is -1.14. The molecule has 1 unspecified atom stereocenters. The number of benzene rings is 3. The van der Waals surface area contributed by atoms with Gasteiger partial charge >= 0.3 is 0 Å². The van der Waals surface area contributed by atoms with Crippen molar-refractivity contribution >= 4 is 17.4 Å². The number of halogens is 1. The number of likely N-dealkylation sites (tertiary alicyclic amines) is 1. The average Bonchev–Trinajstić information content (AvgIpc) is 3.10. The summed E-state index contributed by atoms with van der Waals surface area (Å²) in [7, 11) is 1.53. The van der Waals surface area contributed by atoms with E-state index < -0.39 is 23.5 Å². The second-order valence-electron chi connectivity index (χ2n) is 8.98. The fourth-order valence-corrected chi connectivity index (χ4v) is 4.33. The molecule has 4 rings (SSSR count).